The molecule has 2 aliphatic rings. The summed E-state index contributed by atoms with van der Waals surface area (Å²) in [7, 11) is 0. The van der Waals surface area contributed by atoms with Crippen molar-refractivity contribution in [1.82, 2.24) is 5.32 Å². The molecule has 3 heteroatoms. The first-order valence-corrected chi connectivity index (χ1v) is 6.83. The zero-order chi connectivity index (χ0) is 12.5. The minimum Gasteiger partial charge on any atom is -0.492 e. The second-order valence-corrected chi connectivity index (χ2v) is 5.21. The van der Waals surface area contributed by atoms with Crippen LogP contribution in [0.3, 0.4) is 0 Å². The molecule has 0 saturated carbocycles. The van der Waals surface area contributed by atoms with Crippen LogP contribution in [0.2, 0.25) is 0 Å². The third kappa shape index (κ3) is 2.03. The SMILES string of the molecule is CCCNC1COc2cc3c(cc2C1)C(=O)CC3. The van der Waals surface area contributed by atoms with Crippen molar-refractivity contribution in [1.29, 1.82) is 0 Å². The molecule has 0 amide bonds. The fourth-order valence-corrected chi connectivity index (χ4v) is 2.80. The number of ether oxygens (including phenoxy) is 1. The van der Waals surface area contributed by atoms with Crippen LogP contribution in [0.25, 0.3) is 0 Å². The van der Waals surface area contributed by atoms with Gasteiger partial charge in [-0.2, -0.15) is 0 Å². The Balaban J connectivity index is 1.83. The van der Waals surface area contributed by atoms with Crippen LogP contribution >= 0.6 is 0 Å². The molecule has 1 aromatic carbocycles. The van der Waals surface area contributed by atoms with Crippen molar-refractivity contribution in [3.05, 3.63) is 28.8 Å². The first-order chi connectivity index (χ1) is 8.78. The van der Waals surface area contributed by atoms with Gasteiger partial charge in [0.05, 0.1) is 0 Å². The smallest absolute Gasteiger partial charge is 0.163 e. The van der Waals surface area contributed by atoms with E-state index < -0.39 is 0 Å². The number of carbonyl (C=O) groups excluding carboxylic acids is 1. The first-order valence-electron chi connectivity index (χ1n) is 6.83. The molecular formula is C15H19NO2. The summed E-state index contributed by atoms with van der Waals surface area (Å²) in [6, 6.07) is 4.51. The number of hydrogen-bond acceptors (Lipinski definition) is 3. The molecule has 0 radical (unpaired) electrons. The van der Waals surface area contributed by atoms with E-state index in [4.69, 9.17) is 4.74 Å². The molecule has 1 aliphatic heterocycles. The van der Waals surface area contributed by atoms with Crippen LogP contribution in [0.15, 0.2) is 12.1 Å². The fraction of sp³-hybridized carbons (Fsp3) is 0.533. The number of ketones is 1. The van der Waals surface area contributed by atoms with E-state index in [1.165, 1.54) is 11.1 Å². The molecule has 0 bridgehead atoms. The van der Waals surface area contributed by atoms with Crippen LogP contribution in [0.4, 0.5) is 0 Å². The molecule has 3 nitrogen and oxygen atoms in total. The van der Waals surface area contributed by atoms with Crippen molar-refractivity contribution in [3.8, 4) is 5.75 Å². The van der Waals surface area contributed by atoms with Crippen LogP contribution < -0.4 is 10.1 Å². The lowest BCUT2D eigenvalue weighted by Crippen LogP contribution is -2.39. The van der Waals surface area contributed by atoms with Gasteiger partial charge in [-0.15, -0.1) is 0 Å². The van der Waals surface area contributed by atoms with E-state index in [1.807, 2.05) is 0 Å². The van der Waals surface area contributed by atoms with Crippen LogP contribution in [0.1, 0.15) is 41.3 Å². The first kappa shape index (κ1) is 11.7. The lowest BCUT2D eigenvalue weighted by molar-refractivity contribution is 0.0994. The minimum atomic E-state index is 0.288. The molecule has 96 valence electrons. The Bertz CT molecular complexity index is 482. The van der Waals surface area contributed by atoms with Crippen molar-refractivity contribution in [2.75, 3.05) is 13.2 Å². The standard InChI is InChI=1S/C15H19NO2/c1-2-5-16-12-6-11-7-13-10(3-4-14(13)17)8-15(11)18-9-12/h7-8,12,16H,2-6,9H2,1H3. The molecule has 0 spiro atoms. The Labute approximate surface area is 108 Å². The summed E-state index contributed by atoms with van der Waals surface area (Å²) in [5.74, 6) is 1.27. The van der Waals surface area contributed by atoms with Crippen LogP contribution in [-0.4, -0.2) is 25.0 Å². The predicted octanol–water partition coefficient (Wildman–Crippen LogP) is 2.12. The molecule has 1 N–H and O–H groups in total. The minimum absolute atomic E-state index is 0.288. The van der Waals surface area contributed by atoms with Gasteiger partial charge in [0.15, 0.2) is 5.78 Å². The monoisotopic (exact) mass is 245 g/mol. The summed E-state index contributed by atoms with van der Waals surface area (Å²) < 4.78 is 5.82. The normalized spacial score (nSPS) is 21.4. The lowest BCUT2D eigenvalue weighted by Gasteiger charge is -2.26. The van der Waals surface area contributed by atoms with E-state index in [1.54, 1.807) is 0 Å². The predicted molar refractivity (Wildman–Crippen MR) is 70.4 cm³/mol. The maximum absolute atomic E-state index is 11.7. The average molecular weight is 245 g/mol. The average Bonchev–Trinajstić information content (AvgIpc) is 2.75. The van der Waals surface area contributed by atoms with E-state index in [0.717, 1.165) is 43.7 Å². The quantitative estimate of drug-likeness (QED) is 0.886. The van der Waals surface area contributed by atoms with E-state index in [9.17, 15) is 4.79 Å². The van der Waals surface area contributed by atoms with Gasteiger partial charge in [-0.25, -0.2) is 0 Å². The molecule has 1 heterocycles. The van der Waals surface area contributed by atoms with Crippen molar-refractivity contribution in [2.24, 2.45) is 0 Å². The maximum Gasteiger partial charge on any atom is 0.163 e. The maximum atomic E-state index is 11.7. The second kappa shape index (κ2) is 4.73. The molecule has 1 atom stereocenters. The van der Waals surface area contributed by atoms with E-state index in [0.29, 0.717) is 12.5 Å². The molecule has 1 unspecified atom stereocenters. The highest BCUT2D eigenvalue weighted by Crippen LogP contribution is 2.32. The number of Topliss-reactive ketones (excluding diaryl/α,β-unsaturated/α-hetero) is 1. The molecule has 18 heavy (non-hydrogen) atoms. The Hall–Kier alpha value is -1.35. The summed E-state index contributed by atoms with van der Waals surface area (Å²) in [6.07, 6.45) is 3.64. The van der Waals surface area contributed by atoms with Gasteiger partial charge in [0.2, 0.25) is 0 Å². The van der Waals surface area contributed by atoms with E-state index in [2.05, 4.69) is 24.4 Å². The van der Waals surface area contributed by atoms with Gasteiger partial charge < -0.3 is 10.1 Å². The molecule has 1 aromatic rings. The van der Waals surface area contributed by atoms with Gasteiger partial charge in [0.1, 0.15) is 12.4 Å². The fourth-order valence-electron chi connectivity index (χ4n) is 2.80. The summed E-state index contributed by atoms with van der Waals surface area (Å²) in [5, 5.41) is 3.48. The Morgan fingerprint density at radius 2 is 2.22 bits per heavy atom. The summed E-state index contributed by atoms with van der Waals surface area (Å²) in [4.78, 5) is 11.7. The van der Waals surface area contributed by atoms with Gasteiger partial charge in [0.25, 0.3) is 0 Å². The number of benzene rings is 1. The number of aryl methyl sites for hydroxylation is 1. The van der Waals surface area contributed by atoms with Crippen molar-refractivity contribution in [2.45, 2.75) is 38.6 Å². The van der Waals surface area contributed by atoms with Crippen LogP contribution in [-0.2, 0) is 12.8 Å². The second-order valence-electron chi connectivity index (χ2n) is 5.21. The van der Waals surface area contributed by atoms with Gasteiger partial charge in [-0.3, -0.25) is 4.79 Å². The van der Waals surface area contributed by atoms with Gasteiger partial charge in [0, 0.05) is 18.0 Å². The number of hydrogen-bond donors (Lipinski definition) is 1. The number of rotatable bonds is 3. The zero-order valence-corrected chi connectivity index (χ0v) is 10.8. The largest absolute Gasteiger partial charge is 0.492 e. The van der Waals surface area contributed by atoms with Crippen LogP contribution in [0.5, 0.6) is 5.75 Å². The number of fused-ring (bicyclic) bond motifs is 2. The van der Waals surface area contributed by atoms with Gasteiger partial charge >= 0.3 is 0 Å². The van der Waals surface area contributed by atoms with Crippen molar-refractivity contribution < 1.29 is 9.53 Å². The molecule has 1 aliphatic carbocycles. The van der Waals surface area contributed by atoms with E-state index >= 15 is 0 Å². The number of nitrogens with one attached hydrogen (secondary N) is 1. The number of carbonyl (C=O) groups is 1. The van der Waals surface area contributed by atoms with Crippen LogP contribution in [0, 0.1) is 0 Å². The molecular weight excluding hydrogens is 226 g/mol. The topological polar surface area (TPSA) is 38.3 Å². The van der Waals surface area contributed by atoms with Gasteiger partial charge in [-0.05, 0) is 49.1 Å². The summed E-state index contributed by atoms with van der Waals surface area (Å²) in [5.41, 5.74) is 3.27. The van der Waals surface area contributed by atoms with E-state index in [-0.39, 0.29) is 5.78 Å². The highest BCUT2D eigenvalue weighted by atomic mass is 16.5. The molecule has 0 saturated heterocycles. The highest BCUT2D eigenvalue weighted by molar-refractivity contribution is 6.00. The zero-order valence-electron chi connectivity index (χ0n) is 10.8. The lowest BCUT2D eigenvalue weighted by atomic mass is 9.97. The third-order valence-corrected chi connectivity index (χ3v) is 3.80. The van der Waals surface area contributed by atoms with Gasteiger partial charge in [-0.1, -0.05) is 6.92 Å². The molecule has 0 fully saturated rings. The van der Waals surface area contributed by atoms with Crippen molar-refractivity contribution >= 4 is 5.78 Å². The highest BCUT2D eigenvalue weighted by Gasteiger charge is 2.25. The Morgan fingerprint density at radius 3 is 3.06 bits per heavy atom. The van der Waals surface area contributed by atoms with Crippen molar-refractivity contribution in [3.63, 3.8) is 0 Å². The summed E-state index contributed by atoms with van der Waals surface area (Å²) >= 11 is 0. The Kier molecular flexibility index (Phi) is 3.08. The molecule has 0 aromatic heterocycles. The molecule has 3 rings (SSSR count). The third-order valence-electron chi connectivity index (χ3n) is 3.80. The Morgan fingerprint density at radius 1 is 1.33 bits per heavy atom. The summed E-state index contributed by atoms with van der Waals surface area (Å²) in [6.45, 7) is 3.92.